The van der Waals surface area contributed by atoms with Gasteiger partial charge in [-0.1, -0.05) is 30.3 Å². The van der Waals surface area contributed by atoms with Crippen LogP contribution in [0.4, 0.5) is 0 Å². The summed E-state index contributed by atoms with van der Waals surface area (Å²) in [5.74, 6) is -0.887. The van der Waals surface area contributed by atoms with E-state index in [0.29, 0.717) is 9.35 Å². The Labute approximate surface area is 110 Å². The van der Waals surface area contributed by atoms with Gasteiger partial charge in [0.2, 0.25) is 0 Å². The van der Waals surface area contributed by atoms with Crippen molar-refractivity contribution in [1.82, 2.24) is 0 Å². The summed E-state index contributed by atoms with van der Waals surface area (Å²) in [5.41, 5.74) is 0. The maximum atomic E-state index is 11.1. The molecule has 0 saturated carbocycles. The molecule has 0 aliphatic heterocycles. The van der Waals surface area contributed by atoms with Gasteiger partial charge in [-0.15, -0.1) is 11.3 Å². The van der Waals surface area contributed by atoms with Crippen molar-refractivity contribution in [3.8, 4) is 0 Å². The van der Waals surface area contributed by atoms with E-state index in [4.69, 9.17) is 5.11 Å². The predicted octanol–water partition coefficient (Wildman–Crippen LogP) is 4.52. The van der Waals surface area contributed by atoms with Gasteiger partial charge in [-0.05, 0) is 32.8 Å². The molecule has 1 N–H and O–H groups in total. The number of benzene rings is 2. The summed E-state index contributed by atoms with van der Waals surface area (Å²) in [6.45, 7) is 0. The zero-order valence-electron chi connectivity index (χ0n) is 8.61. The highest BCUT2D eigenvalue weighted by atomic mass is 79.9. The van der Waals surface area contributed by atoms with E-state index in [2.05, 4.69) is 15.9 Å². The van der Waals surface area contributed by atoms with Gasteiger partial charge >= 0.3 is 5.97 Å². The predicted molar refractivity (Wildman–Crippen MR) is 74.0 cm³/mol. The number of fused-ring (bicyclic) bond motifs is 3. The van der Waals surface area contributed by atoms with Gasteiger partial charge in [-0.3, -0.25) is 0 Å². The average molecular weight is 307 g/mol. The van der Waals surface area contributed by atoms with E-state index in [-0.39, 0.29) is 0 Å². The second kappa shape index (κ2) is 3.82. The zero-order valence-corrected chi connectivity index (χ0v) is 11.0. The molecule has 0 radical (unpaired) electrons. The minimum atomic E-state index is -0.887. The third-order valence-corrected chi connectivity index (χ3v) is 4.91. The summed E-state index contributed by atoms with van der Waals surface area (Å²) in [4.78, 5) is 11.5. The molecule has 0 bridgehead atoms. The fourth-order valence-electron chi connectivity index (χ4n) is 1.97. The molecule has 3 rings (SSSR count). The fourth-order valence-corrected chi connectivity index (χ4v) is 3.89. The van der Waals surface area contributed by atoms with Crippen molar-refractivity contribution in [1.29, 1.82) is 0 Å². The van der Waals surface area contributed by atoms with E-state index < -0.39 is 5.97 Å². The largest absolute Gasteiger partial charge is 0.477 e. The number of hydrogen-bond donors (Lipinski definition) is 1. The molecular weight excluding hydrogens is 300 g/mol. The van der Waals surface area contributed by atoms with Crippen molar-refractivity contribution in [2.75, 3.05) is 0 Å². The molecule has 1 heterocycles. The first-order valence-corrected chi connectivity index (χ1v) is 6.62. The molecule has 2 nitrogen and oxygen atoms in total. The minimum absolute atomic E-state index is 0.358. The first-order chi connectivity index (χ1) is 8.18. The van der Waals surface area contributed by atoms with Crippen molar-refractivity contribution in [2.45, 2.75) is 0 Å². The lowest BCUT2D eigenvalue weighted by Gasteiger charge is -1.99. The molecule has 4 heteroatoms. The summed E-state index contributed by atoms with van der Waals surface area (Å²) in [5, 5.41) is 12.3. The van der Waals surface area contributed by atoms with Crippen LogP contribution in [0, 0.1) is 0 Å². The number of carboxylic acids is 1. The summed E-state index contributed by atoms with van der Waals surface area (Å²) in [7, 11) is 0. The molecule has 0 fully saturated rings. The molecule has 0 saturated heterocycles. The Morgan fingerprint density at radius 1 is 1.18 bits per heavy atom. The van der Waals surface area contributed by atoms with Crippen LogP contribution in [0.5, 0.6) is 0 Å². The van der Waals surface area contributed by atoms with Gasteiger partial charge in [0.05, 0.1) is 4.47 Å². The average Bonchev–Trinajstić information content (AvgIpc) is 2.67. The number of hydrogen-bond acceptors (Lipinski definition) is 2. The molecule has 0 atom stereocenters. The standard InChI is InChI=1S/C13H7BrO2S/c14-11-10-8-4-2-1-3-7(8)5-6-9(10)17-12(11)13(15)16/h1-6H,(H,15,16). The molecule has 0 aliphatic carbocycles. The van der Waals surface area contributed by atoms with Crippen LogP contribution in [0.3, 0.4) is 0 Å². The van der Waals surface area contributed by atoms with E-state index in [9.17, 15) is 4.79 Å². The van der Waals surface area contributed by atoms with E-state index in [1.165, 1.54) is 11.3 Å². The van der Waals surface area contributed by atoms with Gasteiger partial charge in [0.25, 0.3) is 0 Å². The van der Waals surface area contributed by atoms with Gasteiger partial charge in [0, 0.05) is 10.1 Å². The van der Waals surface area contributed by atoms with E-state index >= 15 is 0 Å². The number of carbonyl (C=O) groups is 1. The molecule has 2 aromatic carbocycles. The van der Waals surface area contributed by atoms with Crippen LogP contribution in [0.25, 0.3) is 20.9 Å². The van der Waals surface area contributed by atoms with Crippen molar-refractivity contribution < 1.29 is 9.90 Å². The monoisotopic (exact) mass is 306 g/mol. The molecule has 0 amide bonds. The van der Waals surface area contributed by atoms with Crippen LogP contribution in [0.15, 0.2) is 40.9 Å². The number of carboxylic acid groups (broad SMARTS) is 1. The topological polar surface area (TPSA) is 37.3 Å². The molecule has 84 valence electrons. The molecule has 0 unspecified atom stereocenters. The highest BCUT2D eigenvalue weighted by Crippen LogP contribution is 2.39. The Morgan fingerprint density at radius 2 is 1.94 bits per heavy atom. The van der Waals surface area contributed by atoms with Crippen molar-refractivity contribution >= 4 is 54.1 Å². The number of rotatable bonds is 1. The number of halogens is 1. The Bertz CT molecular complexity index is 746. The fraction of sp³-hybridized carbons (Fsp3) is 0. The van der Waals surface area contributed by atoms with E-state index in [0.717, 1.165) is 20.9 Å². The molecule has 0 aliphatic rings. The maximum absolute atomic E-state index is 11.1. The molecule has 1 aromatic heterocycles. The molecule has 3 aromatic rings. The lowest BCUT2D eigenvalue weighted by atomic mass is 10.1. The van der Waals surface area contributed by atoms with Gasteiger partial charge < -0.3 is 5.11 Å². The van der Waals surface area contributed by atoms with Gasteiger partial charge in [0.1, 0.15) is 4.88 Å². The second-order valence-corrected chi connectivity index (χ2v) is 5.56. The Morgan fingerprint density at radius 3 is 2.71 bits per heavy atom. The SMILES string of the molecule is O=C(O)c1sc2ccc3ccccc3c2c1Br. The summed E-state index contributed by atoms with van der Waals surface area (Å²) in [6, 6.07) is 12.0. The number of thiophene rings is 1. The van der Waals surface area contributed by atoms with Gasteiger partial charge in [-0.25, -0.2) is 4.79 Å². The van der Waals surface area contributed by atoms with Crippen LogP contribution >= 0.6 is 27.3 Å². The van der Waals surface area contributed by atoms with Crippen molar-refractivity contribution in [3.05, 3.63) is 45.7 Å². The number of aromatic carboxylic acids is 1. The van der Waals surface area contributed by atoms with Crippen LogP contribution in [0.2, 0.25) is 0 Å². The summed E-state index contributed by atoms with van der Waals surface area (Å²) >= 11 is 4.70. The third-order valence-electron chi connectivity index (χ3n) is 2.72. The third kappa shape index (κ3) is 1.56. The summed E-state index contributed by atoms with van der Waals surface area (Å²) in [6.07, 6.45) is 0. The lowest BCUT2D eigenvalue weighted by molar-refractivity contribution is 0.0701. The summed E-state index contributed by atoms with van der Waals surface area (Å²) < 4.78 is 1.68. The Hall–Kier alpha value is -1.39. The Balaban J connectivity index is 2.53. The lowest BCUT2D eigenvalue weighted by Crippen LogP contribution is -1.91. The molecular formula is C13H7BrO2S. The zero-order chi connectivity index (χ0) is 12.0. The van der Waals surface area contributed by atoms with E-state index in [1.807, 2.05) is 36.4 Å². The normalized spacial score (nSPS) is 11.1. The minimum Gasteiger partial charge on any atom is -0.477 e. The molecule has 17 heavy (non-hydrogen) atoms. The van der Waals surface area contributed by atoms with Gasteiger partial charge in [-0.2, -0.15) is 0 Å². The highest BCUT2D eigenvalue weighted by molar-refractivity contribution is 9.10. The first-order valence-electron chi connectivity index (χ1n) is 5.01. The van der Waals surface area contributed by atoms with Crippen LogP contribution in [0.1, 0.15) is 9.67 Å². The van der Waals surface area contributed by atoms with Crippen molar-refractivity contribution in [2.24, 2.45) is 0 Å². The maximum Gasteiger partial charge on any atom is 0.347 e. The first kappa shape index (κ1) is 10.7. The second-order valence-electron chi connectivity index (χ2n) is 3.71. The Kier molecular flexibility index (Phi) is 2.42. The highest BCUT2D eigenvalue weighted by Gasteiger charge is 2.17. The van der Waals surface area contributed by atoms with Crippen LogP contribution in [-0.4, -0.2) is 11.1 Å². The van der Waals surface area contributed by atoms with E-state index in [1.54, 1.807) is 0 Å². The van der Waals surface area contributed by atoms with Gasteiger partial charge in [0.15, 0.2) is 0 Å². The van der Waals surface area contributed by atoms with Crippen LogP contribution < -0.4 is 0 Å². The smallest absolute Gasteiger partial charge is 0.347 e. The van der Waals surface area contributed by atoms with Crippen LogP contribution in [-0.2, 0) is 0 Å². The molecule has 0 spiro atoms. The quantitative estimate of drug-likeness (QED) is 0.718. The van der Waals surface area contributed by atoms with Crippen molar-refractivity contribution in [3.63, 3.8) is 0 Å².